The molecule has 1 aliphatic rings. The van der Waals surface area contributed by atoms with Gasteiger partial charge < -0.3 is 15.2 Å². The van der Waals surface area contributed by atoms with Crippen LogP contribution in [0.1, 0.15) is 54.0 Å². The molecule has 1 aliphatic carbocycles. The van der Waals surface area contributed by atoms with Crippen molar-refractivity contribution in [3.63, 3.8) is 0 Å². The van der Waals surface area contributed by atoms with E-state index in [4.69, 9.17) is 4.74 Å². The summed E-state index contributed by atoms with van der Waals surface area (Å²) in [6.45, 7) is 2.08. The first kappa shape index (κ1) is 17.4. The largest absolute Gasteiger partial charge is 0.495 e. The van der Waals surface area contributed by atoms with Gasteiger partial charge in [0.05, 0.1) is 25.5 Å². The minimum absolute atomic E-state index is 0.168. The number of aromatic amines is 1. The molecule has 0 radical (unpaired) electrons. The highest BCUT2D eigenvalue weighted by Gasteiger charge is 2.36. The summed E-state index contributed by atoms with van der Waals surface area (Å²) in [6.07, 6.45) is 6.21. The summed E-state index contributed by atoms with van der Waals surface area (Å²) in [5, 5.41) is 19.7. The number of hydrogen-bond donors (Lipinski definition) is 3. The molecule has 3 rings (SSSR count). The predicted molar refractivity (Wildman–Crippen MR) is 92.3 cm³/mol. The molecule has 0 bridgehead atoms. The maximum Gasteiger partial charge on any atom is 0.272 e. The van der Waals surface area contributed by atoms with Crippen molar-refractivity contribution in [1.82, 2.24) is 20.5 Å². The van der Waals surface area contributed by atoms with Crippen LogP contribution >= 0.6 is 0 Å². The zero-order valence-electron chi connectivity index (χ0n) is 14.5. The number of amides is 1. The van der Waals surface area contributed by atoms with Crippen LogP contribution in [0.2, 0.25) is 0 Å². The fraction of sp³-hybridized carbons (Fsp3) is 0.500. The Hall–Kier alpha value is -2.41. The number of nitrogens with zero attached hydrogens (tertiary/aromatic N) is 2. The lowest BCUT2D eigenvalue weighted by Crippen LogP contribution is -2.41. The molecule has 0 aliphatic heterocycles. The van der Waals surface area contributed by atoms with Crippen LogP contribution in [0.15, 0.2) is 24.5 Å². The van der Waals surface area contributed by atoms with Gasteiger partial charge in [0.25, 0.3) is 5.91 Å². The summed E-state index contributed by atoms with van der Waals surface area (Å²) in [5.41, 5.74) is 2.20. The molecule has 0 saturated heterocycles. The van der Waals surface area contributed by atoms with Crippen molar-refractivity contribution in [3.05, 3.63) is 41.5 Å². The number of aromatic nitrogens is 3. The summed E-state index contributed by atoms with van der Waals surface area (Å²) in [4.78, 5) is 16.8. The Balaban J connectivity index is 1.78. The topological polar surface area (TPSA) is 100 Å². The summed E-state index contributed by atoms with van der Waals surface area (Å²) in [6, 6.07) is 3.43. The van der Waals surface area contributed by atoms with Crippen molar-refractivity contribution in [2.24, 2.45) is 5.92 Å². The van der Waals surface area contributed by atoms with Crippen molar-refractivity contribution in [3.8, 4) is 5.75 Å². The zero-order chi connectivity index (χ0) is 17.8. The predicted octanol–water partition coefficient (Wildman–Crippen LogP) is 2.01. The van der Waals surface area contributed by atoms with Gasteiger partial charge in [0.1, 0.15) is 11.4 Å². The third kappa shape index (κ3) is 3.99. The minimum atomic E-state index is -0.301. The summed E-state index contributed by atoms with van der Waals surface area (Å²) >= 11 is 0. The number of carbonyl (C=O) groups excluding carboxylic acids is 1. The van der Waals surface area contributed by atoms with E-state index >= 15 is 0 Å². The van der Waals surface area contributed by atoms with Crippen LogP contribution in [0, 0.1) is 5.92 Å². The second-order valence-corrected chi connectivity index (χ2v) is 6.52. The van der Waals surface area contributed by atoms with E-state index in [1.807, 2.05) is 6.07 Å². The molecule has 7 nitrogen and oxygen atoms in total. The van der Waals surface area contributed by atoms with Crippen LogP contribution in [0.3, 0.4) is 0 Å². The quantitative estimate of drug-likeness (QED) is 0.713. The summed E-state index contributed by atoms with van der Waals surface area (Å²) in [5.74, 6) is 0.580. The SMILES string of the molecule is CCCc1cc(C(=O)N[C@@H](c2cncc(OC)c2)C2CC(O)C2)n[nH]1. The number of ether oxygens (including phenoxy) is 1. The molecule has 7 heteroatoms. The van der Waals surface area contributed by atoms with Gasteiger partial charge >= 0.3 is 0 Å². The standard InChI is InChI=1S/C18H24N4O3/c1-3-4-13-8-16(22-21-13)18(24)20-17(11-5-14(23)6-11)12-7-15(25-2)10-19-9-12/h7-11,14,17,23H,3-6H2,1-2H3,(H,20,24)(H,21,22)/t11?,14?,17-/m1/s1. The van der Waals surface area contributed by atoms with E-state index < -0.39 is 0 Å². The molecule has 1 fully saturated rings. The average molecular weight is 344 g/mol. The third-order valence-electron chi connectivity index (χ3n) is 4.62. The van der Waals surface area contributed by atoms with Gasteiger partial charge in [0, 0.05) is 11.9 Å². The number of aliphatic hydroxyl groups excluding tert-OH is 1. The van der Waals surface area contributed by atoms with Gasteiger partial charge in [-0.05, 0) is 42.9 Å². The van der Waals surface area contributed by atoms with E-state index in [-0.39, 0.29) is 24.0 Å². The number of methoxy groups -OCH3 is 1. The molecule has 1 atom stereocenters. The number of pyridine rings is 1. The summed E-state index contributed by atoms with van der Waals surface area (Å²) < 4.78 is 5.24. The second kappa shape index (κ2) is 7.65. The Bertz CT molecular complexity index is 725. The number of aliphatic hydroxyl groups is 1. The minimum Gasteiger partial charge on any atom is -0.495 e. The van der Waals surface area contributed by atoms with Crippen molar-refractivity contribution >= 4 is 5.91 Å². The van der Waals surface area contributed by atoms with E-state index in [2.05, 4.69) is 27.4 Å². The Morgan fingerprint density at radius 3 is 2.92 bits per heavy atom. The average Bonchev–Trinajstić information content (AvgIpc) is 3.06. The van der Waals surface area contributed by atoms with Crippen LogP contribution in [0.5, 0.6) is 5.75 Å². The van der Waals surface area contributed by atoms with Crippen LogP contribution in [0.25, 0.3) is 0 Å². The number of carbonyl (C=O) groups is 1. The highest BCUT2D eigenvalue weighted by Crippen LogP contribution is 2.38. The van der Waals surface area contributed by atoms with Gasteiger partial charge in [0.2, 0.25) is 0 Å². The van der Waals surface area contributed by atoms with Gasteiger partial charge in [-0.1, -0.05) is 13.3 Å². The molecule has 2 aromatic rings. The van der Waals surface area contributed by atoms with Crippen LogP contribution in [-0.4, -0.2) is 39.4 Å². The first-order valence-electron chi connectivity index (χ1n) is 8.62. The van der Waals surface area contributed by atoms with E-state index in [1.165, 1.54) is 0 Å². The Morgan fingerprint density at radius 1 is 1.44 bits per heavy atom. The van der Waals surface area contributed by atoms with Gasteiger partial charge in [0.15, 0.2) is 0 Å². The van der Waals surface area contributed by atoms with E-state index in [9.17, 15) is 9.90 Å². The molecule has 1 amide bonds. The lowest BCUT2D eigenvalue weighted by Gasteiger charge is -2.38. The Morgan fingerprint density at radius 2 is 2.24 bits per heavy atom. The summed E-state index contributed by atoms with van der Waals surface area (Å²) in [7, 11) is 1.58. The van der Waals surface area contributed by atoms with Crippen LogP contribution < -0.4 is 10.1 Å². The number of rotatable bonds is 7. The molecule has 0 unspecified atom stereocenters. The number of hydrogen-bond acceptors (Lipinski definition) is 5. The molecule has 3 N–H and O–H groups in total. The molecule has 0 aromatic carbocycles. The highest BCUT2D eigenvalue weighted by atomic mass is 16.5. The smallest absolute Gasteiger partial charge is 0.272 e. The van der Waals surface area contributed by atoms with Crippen molar-refractivity contribution in [2.45, 2.75) is 44.8 Å². The first-order valence-corrected chi connectivity index (χ1v) is 8.62. The Kier molecular flexibility index (Phi) is 5.33. The fourth-order valence-corrected chi connectivity index (χ4v) is 3.18. The van der Waals surface area contributed by atoms with Gasteiger partial charge in [-0.2, -0.15) is 5.10 Å². The lowest BCUT2D eigenvalue weighted by molar-refractivity contribution is 0.0234. The van der Waals surface area contributed by atoms with Crippen LogP contribution in [0.4, 0.5) is 0 Å². The van der Waals surface area contributed by atoms with Gasteiger partial charge in [-0.3, -0.25) is 14.9 Å². The molecule has 1 saturated carbocycles. The highest BCUT2D eigenvalue weighted by molar-refractivity contribution is 5.92. The normalized spacial score (nSPS) is 20.6. The van der Waals surface area contributed by atoms with Crippen LogP contribution in [-0.2, 0) is 6.42 Å². The van der Waals surface area contributed by atoms with Gasteiger partial charge in [-0.25, -0.2) is 0 Å². The van der Waals surface area contributed by atoms with E-state index in [0.29, 0.717) is 24.3 Å². The van der Waals surface area contributed by atoms with Gasteiger partial charge in [-0.15, -0.1) is 0 Å². The Labute approximate surface area is 146 Å². The van der Waals surface area contributed by atoms with Crippen molar-refractivity contribution in [2.75, 3.05) is 7.11 Å². The zero-order valence-corrected chi connectivity index (χ0v) is 14.5. The monoisotopic (exact) mass is 344 g/mol. The number of aryl methyl sites for hydroxylation is 1. The second-order valence-electron chi connectivity index (χ2n) is 6.52. The molecule has 2 aromatic heterocycles. The maximum atomic E-state index is 12.6. The molecular formula is C18H24N4O3. The number of H-pyrrole nitrogens is 1. The first-order chi connectivity index (χ1) is 12.1. The fourth-order valence-electron chi connectivity index (χ4n) is 3.18. The van der Waals surface area contributed by atoms with Crippen molar-refractivity contribution < 1.29 is 14.6 Å². The van der Waals surface area contributed by atoms with Crippen molar-refractivity contribution in [1.29, 1.82) is 0 Å². The van der Waals surface area contributed by atoms with E-state index in [0.717, 1.165) is 24.1 Å². The molecule has 134 valence electrons. The maximum absolute atomic E-state index is 12.6. The molecule has 2 heterocycles. The van der Waals surface area contributed by atoms with E-state index in [1.54, 1.807) is 25.6 Å². The molecule has 25 heavy (non-hydrogen) atoms. The molecule has 0 spiro atoms. The number of nitrogens with one attached hydrogen (secondary N) is 2. The lowest BCUT2D eigenvalue weighted by atomic mass is 9.75. The molecular weight excluding hydrogens is 320 g/mol. The third-order valence-corrected chi connectivity index (χ3v) is 4.62.